The first kappa shape index (κ1) is 23.8. The van der Waals surface area contributed by atoms with Gasteiger partial charge < -0.3 is 15.2 Å². The molecule has 174 valence electrons. The number of carboxylic acid groups (broad SMARTS) is 1. The van der Waals surface area contributed by atoms with Crippen LogP contribution in [0.2, 0.25) is 0 Å². The highest BCUT2D eigenvalue weighted by atomic mass is 79.9. The molecule has 1 atom stereocenters. The molecule has 1 aliphatic carbocycles. The van der Waals surface area contributed by atoms with Crippen LogP contribution in [0.15, 0.2) is 83.0 Å². The molecular formula is C28H26BrNO4. The monoisotopic (exact) mass is 519 g/mol. The second kappa shape index (κ2) is 11.2. The van der Waals surface area contributed by atoms with E-state index in [1.165, 1.54) is 17.2 Å². The van der Waals surface area contributed by atoms with Crippen LogP contribution in [0.5, 0.6) is 11.5 Å². The molecule has 0 saturated heterocycles. The second-order valence-corrected chi connectivity index (χ2v) is 9.19. The van der Waals surface area contributed by atoms with Gasteiger partial charge in [-0.15, -0.1) is 0 Å². The van der Waals surface area contributed by atoms with Gasteiger partial charge in [0.05, 0.1) is 4.47 Å². The molecule has 0 bridgehead atoms. The summed E-state index contributed by atoms with van der Waals surface area (Å²) in [5, 5.41) is 12.1. The predicted octanol–water partition coefficient (Wildman–Crippen LogP) is 6.68. The zero-order chi connectivity index (χ0) is 23.9. The minimum absolute atomic E-state index is 0.143. The number of rotatable bonds is 9. The van der Waals surface area contributed by atoms with Gasteiger partial charge in [-0.05, 0) is 94.6 Å². The zero-order valence-electron chi connectivity index (χ0n) is 18.7. The lowest BCUT2D eigenvalue weighted by molar-refractivity contribution is -0.134. The fraction of sp³-hybridized carbons (Fsp3) is 0.214. The number of para-hydroxylation sites is 1. The molecule has 0 saturated carbocycles. The number of aryl methyl sites for hydroxylation is 1. The summed E-state index contributed by atoms with van der Waals surface area (Å²) in [4.78, 5) is 24.1. The van der Waals surface area contributed by atoms with Crippen LogP contribution in [0.25, 0.3) is 6.08 Å². The van der Waals surface area contributed by atoms with E-state index in [-0.39, 0.29) is 11.6 Å². The number of aliphatic carboxylic acids is 1. The maximum atomic E-state index is 12.4. The highest BCUT2D eigenvalue weighted by Gasteiger charge is 2.21. The van der Waals surface area contributed by atoms with Gasteiger partial charge in [0.2, 0.25) is 5.91 Å². The maximum absolute atomic E-state index is 12.4. The Balaban J connectivity index is 1.32. The minimum Gasteiger partial charge on any atom is -0.477 e. The van der Waals surface area contributed by atoms with E-state index in [9.17, 15) is 14.7 Å². The van der Waals surface area contributed by atoms with Crippen LogP contribution in [0, 0.1) is 0 Å². The largest absolute Gasteiger partial charge is 0.477 e. The van der Waals surface area contributed by atoms with E-state index in [1.807, 2.05) is 24.3 Å². The van der Waals surface area contributed by atoms with Crippen molar-refractivity contribution in [3.63, 3.8) is 0 Å². The fourth-order valence-corrected chi connectivity index (χ4v) is 4.64. The number of fused-ring (bicyclic) bond motifs is 1. The summed E-state index contributed by atoms with van der Waals surface area (Å²) in [5.74, 6) is 0.333. The van der Waals surface area contributed by atoms with E-state index >= 15 is 0 Å². The first-order valence-corrected chi connectivity index (χ1v) is 12.1. The molecule has 0 aromatic heterocycles. The molecule has 0 fully saturated rings. The molecule has 34 heavy (non-hydrogen) atoms. The van der Waals surface area contributed by atoms with Crippen LogP contribution >= 0.6 is 15.9 Å². The lowest BCUT2D eigenvalue weighted by Gasteiger charge is -2.11. The SMILES string of the molecule is O=C(CCCC1CCc2ccccc21)N/C(=C\c1ccc(Oc2ccccc2Br)cc1)C(=O)O. The molecule has 1 aliphatic rings. The first-order valence-electron chi connectivity index (χ1n) is 11.3. The van der Waals surface area contributed by atoms with E-state index in [1.54, 1.807) is 24.3 Å². The number of amides is 1. The van der Waals surface area contributed by atoms with Gasteiger partial charge >= 0.3 is 5.97 Å². The molecule has 4 rings (SSSR count). The summed E-state index contributed by atoms with van der Waals surface area (Å²) in [6.45, 7) is 0. The van der Waals surface area contributed by atoms with E-state index in [0.29, 0.717) is 29.4 Å². The topological polar surface area (TPSA) is 75.6 Å². The average molecular weight is 520 g/mol. The van der Waals surface area contributed by atoms with Crippen LogP contribution in [-0.2, 0) is 16.0 Å². The van der Waals surface area contributed by atoms with Crippen LogP contribution in [0.3, 0.4) is 0 Å². The van der Waals surface area contributed by atoms with Crippen molar-refractivity contribution in [3.05, 3.63) is 99.7 Å². The van der Waals surface area contributed by atoms with Gasteiger partial charge in [-0.25, -0.2) is 4.79 Å². The summed E-state index contributed by atoms with van der Waals surface area (Å²) < 4.78 is 6.68. The number of nitrogens with one attached hydrogen (secondary N) is 1. The van der Waals surface area contributed by atoms with Crippen LogP contribution in [0.4, 0.5) is 0 Å². The molecule has 1 unspecified atom stereocenters. The highest BCUT2D eigenvalue weighted by Crippen LogP contribution is 2.36. The number of halogens is 1. The number of ether oxygens (including phenoxy) is 1. The van der Waals surface area contributed by atoms with Crippen molar-refractivity contribution < 1.29 is 19.4 Å². The molecule has 0 aliphatic heterocycles. The lowest BCUT2D eigenvalue weighted by Crippen LogP contribution is -2.27. The van der Waals surface area contributed by atoms with Crippen LogP contribution in [-0.4, -0.2) is 17.0 Å². The molecule has 0 heterocycles. The van der Waals surface area contributed by atoms with Gasteiger partial charge in [0, 0.05) is 6.42 Å². The smallest absolute Gasteiger partial charge is 0.352 e. The van der Waals surface area contributed by atoms with Gasteiger partial charge in [-0.1, -0.05) is 48.5 Å². The molecule has 1 amide bonds. The van der Waals surface area contributed by atoms with Crippen molar-refractivity contribution >= 4 is 33.9 Å². The predicted molar refractivity (Wildman–Crippen MR) is 136 cm³/mol. The van der Waals surface area contributed by atoms with Gasteiger partial charge in [0.1, 0.15) is 17.2 Å². The molecule has 3 aromatic carbocycles. The summed E-state index contributed by atoms with van der Waals surface area (Å²) in [6, 6.07) is 23.0. The Kier molecular flexibility index (Phi) is 7.80. The third-order valence-electron chi connectivity index (χ3n) is 5.97. The van der Waals surface area contributed by atoms with Gasteiger partial charge in [-0.3, -0.25) is 4.79 Å². The van der Waals surface area contributed by atoms with Crippen molar-refractivity contribution in [1.29, 1.82) is 0 Å². The van der Waals surface area contributed by atoms with Gasteiger partial charge in [-0.2, -0.15) is 0 Å². The Morgan fingerprint density at radius 3 is 2.53 bits per heavy atom. The number of carbonyl (C=O) groups is 2. The van der Waals surface area contributed by atoms with E-state index in [4.69, 9.17) is 4.74 Å². The Labute approximate surface area is 207 Å². The van der Waals surface area contributed by atoms with Crippen molar-refractivity contribution in [1.82, 2.24) is 5.32 Å². The molecule has 0 radical (unpaired) electrons. The standard InChI is InChI=1S/C28H26BrNO4/c29-24-9-3-4-10-26(24)34-22-16-12-19(13-17-22)18-25(28(32)33)30-27(31)11-5-7-21-15-14-20-6-1-2-8-23(20)21/h1-4,6,8-10,12-13,16-18,21H,5,7,11,14-15H2,(H,30,31)(H,32,33)/b25-18-. The Hall–Kier alpha value is -3.38. The maximum Gasteiger partial charge on any atom is 0.352 e. The first-order chi connectivity index (χ1) is 16.5. The lowest BCUT2D eigenvalue weighted by atomic mass is 9.95. The van der Waals surface area contributed by atoms with Crippen molar-refractivity contribution in [3.8, 4) is 11.5 Å². The van der Waals surface area contributed by atoms with Crippen molar-refractivity contribution in [2.75, 3.05) is 0 Å². The average Bonchev–Trinajstić information content (AvgIpc) is 3.24. The summed E-state index contributed by atoms with van der Waals surface area (Å²) in [7, 11) is 0. The quantitative estimate of drug-likeness (QED) is 0.309. The molecule has 6 heteroatoms. The van der Waals surface area contributed by atoms with Gasteiger partial charge in [0.15, 0.2) is 0 Å². The summed E-state index contributed by atoms with van der Waals surface area (Å²) >= 11 is 3.44. The molecule has 2 N–H and O–H groups in total. The number of hydrogen-bond donors (Lipinski definition) is 2. The van der Waals surface area contributed by atoms with E-state index in [2.05, 4.69) is 45.5 Å². The fourth-order valence-electron chi connectivity index (χ4n) is 4.27. The second-order valence-electron chi connectivity index (χ2n) is 8.34. The normalized spacial score (nSPS) is 15.0. The number of benzene rings is 3. The Bertz CT molecular complexity index is 1200. The van der Waals surface area contributed by atoms with E-state index < -0.39 is 5.97 Å². The molecule has 3 aromatic rings. The highest BCUT2D eigenvalue weighted by molar-refractivity contribution is 9.10. The number of hydrogen-bond acceptors (Lipinski definition) is 3. The Morgan fingerprint density at radius 2 is 1.76 bits per heavy atom. The summed E-state index contributed by atoms with van der Waals surface area (Å²) in [5.41, 5.74) is 3.30. The number of carboxylic acids is 1. The summed E-state index contributed by atoms with van der Waals surface area (Å²) in [6.07, 6.45) is 5.60. The minimum atomic E-state index is -1.17. The molecular weight excluding hydrogens is 494 g/mol. The third-order valence-corrected chi connectivity index (χ3v) is 6.63. The number of carbonyl (C=O) groups excluding carboxylic acids is 1. The zero-order valence-corrected chi connectivity index (χ0v) is 20.3. The van der Waals surface area contributed by atoms with Crippen molar-refractivity contribution in [2.45, 2.75) is 38.0 Å². The molecule has 0 spiro atoms. The van der Waals surface area contributed by atoms with Crippen LogP contribution in [0.1, 0.15) is 48.3 Å². The Morgan fingerprint density at radius 1 is 1.03 bits per heavy atom. The van der Waals surface area contributed by atoms with Gasteiger partial charge in [0.25, 0.3) is 0 Å². The van der Waals surface area contributed by atoms with Crippen LogP contribution < -0.4 is 10.1 Å². The third kappa shape index (κ3) is 6.14. The van der Waals surface area contributed by atoms with Crippen molar-refractivity contribution in [2.24, 2.45) is 0 Å². The molecule has 5 nitrogen and oxygen atoms in total. The van der Waals surface area contributed by atoms with E-state index in [0.717, 1.165) is 30.2 Å².